The van der Waals surface area contributed by atoms with Gasteiger partial charge in [0.05, 0.1) is 6.61 Å². The van der Waals surface area contributed by atoms with Gasteiger partial charge in [-0.1, -0.05) is 6.58 Å². The van der Waals surface area contributed by atoms with Crippen molar-refractivity contribution in [3.8, 4) is 0 Å². The summed E-state index contributed by atoms with van der Waals surface area (Å²) < 4.78 is 15.3. The highest BCUT2D eigenvalue weighted by Gasteiger charge is 2.12. The number of carboxylic acids is 1. The van der Waals surface area contributed by atoms with Crippen molar-refractivity contribution in [2.45, 2.75) is 33.0 Å². The Kier molecular flexibility index (Phi) is 8.86. The molecule has 1 atom stereocenters. The molecule has 0 aromatic rings. The van der Waals surface area contributed by atoms with E-state index in [0.29, 0.717) is 13.0 Å². The molecule has 1 N–H and O–H groups in total. The first-order valence-electron chi connectivity index (χ1n) is 5.75. The van der Waals surface area contributed by atoms with Gasteiger partial charge in [0.1, 0.15) is 6.61 Å². The fourth-order valence-corrected chi connectivity index (χ4v) is 1.16. The van der Waals surface area contributed by atoms with Crippen LogP contribution in [0.25, 0.3) is 0 Å². The van der Waals surface area contributed by atoms with Crippen LogP contribution in [0, 0.1) is 0 Å². The molecule has 0 amide bonds. The van der Waals surface area contributed by atoms with Crippen molar-refractivity contribution in [2.75, 3.05) is 19.8 Å². The highest BCUT2D eigenvalue weighted by molar-refractivity contribution is 5.85. The van der Waals surface area contributed by atoms with E-state index in [-0.39, 0.29) is 31.2 Å². The molecule has 0 aromatic heterocycles. The highest BCUT2D eigenvalue weighted by atomic mass is 16.7. The van der Waals surface area contributed by atoms with Crippen LogP contribution < -0.4 is 0 Å². The lowest BCUT2D eigenvalue weighted by molar-refractivity contribution is -0.160. The molecule has 0 bridgehead atoms. The van der Waals surface area contributed by atoms with Crippen LogP contribution in [0.2, 0.25) is 0 Å². The molecule has 0 saturated heterocycles. The first-order valence-corrected chi connectivity index (χ1v) is 5.75. The van der Waals surface area contributed by atoms with Gasteiger partial charge in [-0.2, -0.15) is 0 Å². The third-order valence-corrected chi connectivity index (χ3v) is 2.03. The fraction of sp³-hybridized carbons (Fsp3) is 0.667. The Labute approximate surface area is 107 Å². The Bertz CT molecular complexity index is 286. The SMILES string of the molecule is C=C(CCC(OCC)OCCOC(C)=O)C(=O)O. The Morgan fingerprint density at radius 3 is 2.44 bits per heavy atom. The van der Waals surface area contributed by atoms with Gasteiger partial charge in [-0.25, -0.2) is 4.79 Å². The van der Waals surface area contributed by atoms with Crippen molar-refractivity contribution < 1.29 is 28.9 Å². The van der Waals surface area contributed by atoms with E-state index in [1.807, 2.05) is 6.92 Å². The summed E-state index contributed by atoms with van der Waals surface area (Å²) in [6.45, 7) is 7.38. The molecule has 1 unspecified atom stereocenters. The molecule has 0 heterocycles. The molecule has 0 rings (SSSR count). The molecule has 0 aliphatic rings. The summed E-state index contributed by atoms with van der Waals surface area (Å²) in [7, 11) is 0. The van der Waals surface area contributed by atoms with E-state index in [2.05, 4.69) is 6.58 Å². The number of carboxylic acid groups (broad SMARTS) is 1. The largest absolute Gasteiger partial charge is 0.478 e. The Morgan fingerprint density at radius 2 is 1.94 bits per heavy atom. The second kappa shape index (κ2) is 9.61. The van der Waals surface area contributed by atoms with Crippen molar-refractivity contribution in [1.29, 1.82) is 0 Å². The average molecular weight is 260 g/mol. The second-order valence-corrected chi connectivity index (χ2v) is 3.54. The number of hydrogen-bond donors (Lipinski definition) is 1. The van der Waals surface area contributed by atoms with E-state index in [1.165, 1.54) is 6.92 Å². The number of ether oxygens (including phenoxy) is 3. The predicted octanol–water partition coefficient (Wildman–Crippen LogP) is 1.35. The van der Waals surface area contributed by atoms with Crippen molar-refractivity contribution in [1.82, 2.24) is 0 Å². The van der Waals surface area contributed by atoms with Gasteiger partial charge in [0.2, 0.25) is 0 Å². The van der Waals surface area contributed by atoms with Crippen LogP contribution in [-0.4, -0.2) is 43.2 Å². The minimum Gasteiger partial charge on any atom is -0.478 e. The van der Waals surface area contributed by atoms with Gasteiger partial charge >= 0.3 is 11.9 Å². The van der Waals surface area contributed by atoms with E-state index in [1.54, 1.807) is 0 Å². The number of rotatable bonds is 10. The monoisotopic (exact) mass is 260 g/mol. The zero-order valence-corrected chi connectivity index (χ0v) is 10.8. The molecular formula is C12H20O6. The summed E-state index contributed by atoms with van der Waals surface area (Å²) in [6.07, 6.45) is 0.175. The third kappa shape index (κ3) is 8.72. The Morgan fingerprint density at radius 1 is 1.28 bits per heavy atom. The Hall–Kier alpha value is -1.40. The summed E-state index contributed by atoms with van der Waals surface area (Å²) in [5.74, 6) is -1.39. The Balaban J connectivity index is 3.87. The van der Waals surface area contributed by atoms with Crippen LogP contribution in [0.1, 0.15) is 26.7 Å². The van der Waals surface area contributed by atoms with E-state index in [9.17, 15) is 9.59 Å². The molecule has 0 aliphatic carbocycles. The van der Waals surface area contributed by atoms with Gasteiger partial charge in [-0.3, -0.25) is 4.79 Å². The van der Waals surface area contributed by atoms with Crippen LogP contribution in [0.15, 0.2) is 12.2 Å². The molecule has 6 nitrogen and oxygen atoms in total. The number of esters is 1. The van der Waals surface area contributed by atoms with E-state index in [0.717, 1.165) is 0 Å². The maximum atomic E-state index is 10.6. The first-order chi connectivity index (χ1) is 8.47. The van der Waals surface area contributed by atoms with Crippen LogP contribution in [0.5, 0.6) is 0 Å². The van der Waals surface area contributed by atoms with E-state index >= 15 is 0 Å². The van der Waals surface area contributed by atoms with Crippen molar-refractivity contribution in [3.63, 3.8) is 0 Å². The highest BCUT2D eigenvalue weighted by Crippen LogP contribution is 2.10. The molecule has 0 spiro atoms. The number of carbonyl (C=O) groups excluding carboxylic acids is 1. The zero-order valence-electron chi connectivity index (χ0n) is 10.8. The number of aliphatic carboxylic acids is 1. The standard InChI is InChI=1S/C12H20O6/c1-4-16-11(6-5-9(2)12(14)15)18-8-7-17-10(3)13/h11H,2,4-8H2,1,3H3,(H,14,15). The molecule has 0 radical (unpaired) electrons. The van der Waals surface area contributed by atoms with Crippen LogP contribution >= 0.6 is 0 Å². The summed E-state index contributed by atoms with van der Waals surface area (Å²) in [5, 5.41) is 8.66. The van der Waals surface area contributed by atoms with Gasteiger partial charge in [0.25, 0.3) is 0 Å². The fourth-order valence-electron chi connectivity index (χ4n) is 1.16. The van der Waals surface area contributed by atoms with Gasteiger partial charge in [-0.05, 0) is 13.3 Å². The minimum absolute atomic E-state index is 0.114. The number of hydrogen-bond acceptors (Lipinski definition) is 5. The van der Waals surface area contributed by atoms with E-state index < -0.39 is 12.3 Å². The summed E-state index contributed by atoms with van der Waals surface area (Å²) in [5.41, 5.74) is 0.114. The van der Waals surface area contributed by atoms with Crippen LogP contribution in [-0.2, 0) is 23.8 Å². The molecule has 0 saturated carbocycles. The lowest BCUT2D eigenvalue weighted by Crippen LogP contribution is -2.21. The maximum Gasteiger partial charge on any atom is 0.330 e. The molecule has 6 heteroatoms. The average Bonchev–Trinajstić information content (AvgIpc) is 2.30. The van der Waals surface area contributed by atoms with E-state index in [4.69, 9.17) is 19.3 Å². The molecule has 18 heavy (non-hydrogen) atoms. The van der Waals surface area contributed by atoms with Crippen molar-refractivity contribution in [3.05, 3.63) is 12.2 Å². The predicted molar refractivity (Wildman–Crippen MR) is 64.0 cm³/mol. The molecule has 104 valence electrons. The van der Waals surface area contributed by atoms with Gasteiger partial charge in [0, 0.05) is 25.5 Å². The normalized spacial score (nSPS) is 11.9. The quantitative estimate of drug-likeness (QED) is 0.276. The summed E-state index contributed by atoms with van der Waals surface area (Å²) in [4.78, 5) is 21.1. The summed E-state index contributed by atoms with van der Waals surface area (Å²) in [6, 6.07) is 0. The number of carbonyl (C=O) groups is 2. The maximum absolute atomic E-state index is 10.6. The smallest absolute Gasteiger partial charge is 0.330 e. The first kappa shape index (κ1) is 16.6. The molecule has 0 aliphatic heterocycles. The lowest BCUT2D eigenvalue weighted by atomic mass is 10.1. The van der Waals surface area contributed by atoms with Crippen LogP contribution in [0.4, 0.5) is 0 Å². The van der Waals surface area contributed by atoms with Crippen molar-refractivity contribution >= 4 is 11.9 Å². The van der Waals surface area contributed by atoms with Crippen molar-refractivity contribution in [2.24, 2.45) is 0 Å². The van der Waals surface area contributed by atoms with Gasteiger partial charge in [0.15, 0.2) is 6.29 Å². The topological polar surface area (TPSA) is 82.1 Å². The minimum atomic E-state index is -1.02. The van der Waals surface area contributed by atoms with Gasteiger partial charge in [-0.15, -0.1) is 0 Å². The second-order valence-electron chi connectivity index (χ2n) is 3.54. The zero-order chi connectivity index (χ0) is 14.0. The lowest BCUT2D eigenvalue weighted by Gasteiger charge is -2.17. The summed E-state index contributed by atoms with van der Waals surface area (Å²) >= 11 is 0. The van der Waals surface area contributed by atoms with Gasteiger partial charge < -0.3 is 19.3 Å². The van der Waals surface area contributed by atoms with Crippen LogP contribution in [0.3, 0.4) is 0 Å². The molecular weight excluding hydrogens is 240 g/mol. The molecule has 0 aromatic carbocycles. The molecule has 0 fully saturated rings. The third-order valence-electron chi connectivity index (χ3n) is 2.03.